The van der Waals surface area contributed by atoms with E-state index < -0.39 is 12.1 Å². The maximum atomic E-state index is 11.9. The van der Waals surface area contributed by atoms with Crippen LogP contribution in [0.25, 0.3) is 0 Å². The minimum absolute atomic E-state index is 0.143. The van der Waals surface area contributed by atoms with Crippen molar-refractivity contribution in [3.05, 3.63) is 29.8 Å². The molecule has 6 heteroatoms. The van der Waals surface area contributed by atoms with E-state index >= 15 is 0 Å². The molecule has 0 aromatic heterocycles. The van der Waals surface area contributed by atoms with Gasteiger partial charge in [-0.25, -0.2) is 4.79 Å². The van der Waals surface area contributed by atoms with Crippen molar-refractivity contribution < 1.29 is 9.59 Å². The molecule has 0 radical (unpaired) electrons. The average Bonchev–Trinajstić information content (AvgIpc) is 2.44. The van der Waals surface area contributed by atoms with E-state index in [2.05, 4.69) is 17.6 Å². The van der Waals surface area contributed by atoms with E-state index in [4.69, 9.17) is 11.5 Å². The van der Waals surface area contributed by atoms with Crippen molar-refractivity contribution in [2.75, 3.05) is 5.32 Å². The SMILES string of the molecule is CCCCC(N)C(=O)NC(C)c1ccc(NC(N)=O)cc1. The highest BCUT2D eigenvalue weighted by molar-refractivity contribution is 5.87. The summed E-state index contributed by atoms with van der Waals surface area (Å²) >= 11 is 0. The van der Waals surface area contributed by atoms with Crippen molar-refractivity contribution >= 4 is 17.6 Å². The molecule has 3 amide bonds. The van der Waals surface area contributed by atoms with Gasteiger partial charge in [-0.3, -0.25) is 4.79 Å². The number of hydrogen-bond acceptors (Lipinski definition) is 3. The molecular weight excluding hydrogens is 268 g/mol. The maximum absolute atomic E-state index is 11.9. The fraction of sp³-hybridized carbons (Fsp3) is 0.467. The largest absolute Gasteiger partial charge is 0.351 e. The normalized spacial score (nSPS) is 13.3. The molecule has 2 atom stereocenters. The molecule has 0 aliphatic heterocycles. The number of primary amides is 1. The summed E-state index contributed by atoms with van der Waals surface area (Å²) in [5.74, 6) is -0.143. The quantitative estimate of drug-likeness (QED) is 0.615. The van der Waals surface area contributed by atoms with Crippen LogP contribution in [-0.4, -0.2) is 18.0 Å². The van der Waals surface area contributed by atoms with Gasteiger partial charge in [-0.2, -0.15) is 0 Å². The second-order valence-electron chi connectivity index (χ2n) is 5.09. The maximum Gasteiger partial charge on any atom is 0.316 e. The summed E-state index contributed by atoms with van der Waals surface area (Å²) in [5, 5.41) is 5.37. The standard InChI is InChI=1S/C15H24N4O2/c1-3-4-5-13(16)14(20)18-10(2)11-6-8-12(9-7-11)19-15(17)21/h6-10,13H,3-5,16H2,1-2H3,(H,18,20)(H3,17,19,21). The first-order valence-electron chi connectivity index (χ1n) is 7.16. The molecule has 0 aliphatic rings. The predicted molar refractivity (Wildman–Crippen MR) is 83.7 cm³/mol. The topological polar surface area (TPSA) is 110 Å². The van der Waals surface area contributed by atoms with Crippen molar-refractivity contribution in [3.63, 3.8) is 0 Å². The fourth-order valence-electron chi connectivity index (χ4n) is 1.96. The van der Waals surface area contributed by atoms with Gasteiger partial charge >= 0.3 is 6.03 Å². The third-order valence-electron chi connectivity index (χ3n) is 3.24. The van der Waals surface area contributed by atoms with Gasteiger partial charge in [-0.05, 0) is 31.0 Å². The van der Waals surface area contributed by atoms with Crippen LogP contribution in [0.15, 0.2) is 24.3 Å². The zero-order valence-electron chi connectivity index (χ0n) is 12.6. The number of amides is 3. The monoisotopic (exact) mass is 292 g/mol. The van der Waals surface area contributed by atoms with E-state index in [1.54, 1.807) is 12.1 Å². The zero-order chi connectivity index (χ0) is 15.8. The number of hydrogen-bond donors (Lipinski definition) is 4. The average molecular weight is 292 g/mol. The molecule has 0 bridgehead atoms. The first kappa shape index (κ1) is 17.0. The number of anilines is 1. The second-order valence-corrected chi connectivity index (χ2v) is 5.09. The van der Waals surface area contributed by atoms with Crippen LogP contribution in [0.4, 0.5) is 10.5 Å². The molecule has 1 aromatic rings. The van der Waals surface area contributed by atoms with Gasteiger partial charge in [0.05, 0.1) is 12.1 Å². The highest BCUT2D eigenvalue weighted by atomic mass is 16.2. The summed E-state index contributed by atoms with van der Waals surface area (Å²) in [6.45, 7) is 3.95. The molecule has 0 fully saturated rings. The van der Waals surface area contributed by atoms with Gasteiger partial charge in [-0.15, -0.1) is 0 Å². The number of urea groups is 1. The van der Waals surface area contributed by atoms with Crippen LogP contribution in [0.2, 0.25) is 0 Å². The van der Waals surface area contributed by atoms with Crippen LogP contribution in [0.1, 0.15) is 44.7 Å². The number of benzene rings is 1. The van der Waals surface area contributed by atoms with Crippen LogP contribution in [0.3, 0.4) is 0 Å². The lowest BCUT2D eigenvalue weighted by Gasteiger charge is -2.18. The molecule has 2 unspecified atom stereocenters. The zero-order valence-corrected chi connectivity index (χ0v) is 12.6. The molecule has 0 saturated carbocycles. The lowest BCUT2D eigenvalue weighted by atomic mass is 10.1. The van der Waals surface area contributed by atoms with Gasteiger partial charge in [-0.1, -0.05) is 31.9 Å². The summed E-state index contributed by atoms with van der Waals surface area (Å²) in [5.41, 5.74) is 12.4. The first-order chi connectivity index (χ1) is 9.93. The Morgan fingerprint density at radius 1 is 1.24 bits per heavy atom. The van der Waals surface area contributed by atoms with Crippen LogP contribution in [0, 0.1) is 0 Å². The Labute approximate surface area is 125 Å². The Bertz CT molecular complexity index is 473. The summed E-state index contributed by atoms with van der Waals surface area (Å²) in [6, 6.07) is 5.91. The number of nitrogens with two attached hydrogens (primary N) is 2. The van der Waals surface area contributed by atoms with Gasteiger partial charge in [0, 0.05) is 5.69 Å². The van der Waals surface area contributed by atoms with Gasteiger partial charge < -0.3 is 22.1 Å². The van der Waals surface area contributed by atoms with Crippen molar-refractivity contribution in [2.24, 2.45) is 11.5 Å². The predicted octanol–water partition coefficient (Wildman–Crippen LogP) is 1.87. The Hall–Kier alpha value is -2.08. The fourth-order valence-corrected chi connectivity index (χ4v) is 1.96. The molecule has 6 nitrogen and oxygen atoms in total. The summed E-state index contributed by atoms with van der Waals surface area (Å²) < 4.78 is 0. The lowest BCUT2D eigenvalue weighted by molar-refractivity contribution is -0.123. The van der Waals surface area contributed by atoms with E-state index in [0.717, 1.165) is 18.4 Å². The Balaban J connectivity index is 2.56. The molecule has 0 spiro atoms. The minimum Gasteiger partial charge on any atom is -0.351 e. The van der Waals surface area contributed by atoms with Crippen molar-refractivity contribution in [3.8, 4) is 0 Å². The van der Waals surface area contributed by atoms with Gasteiger partial charge in [0.1, 0.15) is 0 Å². The van der Waals surface area contributed by atoms with Crippen LogP contribution in [0.5, 0.6) is 0 Å². The molecule has 0 aliphatic carbocycles. The van der Waals surface area contributed by atoms with Gasteiger partial charge in [0.2, 0.25) is 5.91 Å². The van der Waals surface area contributed by atoms with Crippen molar-refractivity contribution in [2.45, 2.75) is 45.2 Å². The van der Waals surface area contributed by atoms with E-state index in [0.29, 0.717) is 12.1 Å². The molecule has 6 N–H and O–H groups in total. The van der Waals surface area contributed by atoms with E-state index in [9.17, 15) is 9.59 Å². The van der Waals surface area contributed by atoms with E-state index in [1.807, 2.05) is 19.1 Å². The Morgan fingerprint density at radius 2 is 1.86 bits per heavy atom. The number of rotatable bonds is 7. The number of carbonyl (C=O) groups is 2. The first-order valence-corrected chi connectivity index (χ1v) is 7.16. The minimum atomic E-state index is -0.606. The summed E-state index contributed by atoms with van der Waals surface area (Å²) in [4.78, 5) is 22.7. The number of unbranched alkanes of at least 4 members (excludes halogenated alkanes) is 1. The highest BCUT2D eigenvalue weighted by Gasteiger charge is 2.16. The van der Waals surface area contributed by atoms with Crippen LogP contribution >= 0.6 is 0 Å². The second kappa shape index (κ2) is 8.26. The molecule has 1 aromatic carbocycles. The van der Waals surface area contributed by atoms with E-state index in [-0.39, 0.29) is 11.9 Å². The summed E-state index contributed by atoms with van der Waals surface area (Å²) in [6.07, 6.45) is 2.65. The van der Waals surface area contributed by atoms with Crippen molar-refractivity contribution in [1.82, 2.24) is 5.32 Å². The van der Waals surface area contributed by atoms with E-state index in [1.165, 1.54) is 0 Å². The van der Waals surface area contributed by atoms with Crippen LogP contribution in [-0.2, 0) is 4.79 Å². The van der Waals surface area contributed by atoms with Crippen molar-refractivity contribution in [1.29, 1.82) is 0 Å². The summed E-state index contributed by atoms with van der Waals surface area (Å²) in [7, 11) is 0. The highest BCUT2D eigenvalue weighted by Crippen LogP contribution is 2.16. The van der Waals surface area contributed by atoms with Gasteiger partial charge in [0.15, 0.2) is 0 Å². The molecular formula is C15H24N4O2. The number of nitrogens with one attached hydrogen (secondary N) is 2. The smallest absolute Gasteiger partial charge is 0.316 e. The van der Waals surface area contributed by atoms with Crippen LogP contribution < -0.4 is 22.1 Å². The molecule has 0 heterocycles. The molecule has 116 valence electrons. The Morgan fingerprint density at radius 3 is 2.38 bits per heavy atom. The molecule has 0 saturated heterocycles. The molecule has 21 heavy (non-hydrogen) atoms. The van der Waals surface area contributed by atoms with Gasteiger partial charge in [0.25, 0.3) is 0 Å². The molecule has 1 rings (SSSR count). The number of carbonyl (C=O) groups excluding carboxylic acids is 2. The lowest BCUT2D eigenvalue weighted by Crippen LogP contribution is -2.41. The third-order valence-corrected chi connectivity index (χ3v) is 3.24. The Kier molecular flexibility index (Phi) is 6.68. The third kappa shape index (κ3) is 5.83.